The van der Waals surface area contributed by atoms with Crippen molar-refractivity contribution in [3.8, 4) is 5.69 Å². The Balaban J connectivity index is 1.88. The van der Waals surface area contributed by atoms with Gasteiger partial charge in [0, 0.05) is 31.4 Å². The van der Waals surface area contributed by atoms with Crippen molar-refractivity contribution in [3.63, 3.8) is 0 Å². The number of carbonyl (C=O) groups is 1. The van der Waals surface area contributed by atoms with Crippen LogP contribution in [0.5, 0.6) is 0 Å². The number of hydrogen-bond donors (Lipinski definition) is 2. The van der Waals surface area contributed by atoms with E-state index in [4.69, 9.17) is 12.2 Å². The number of nitrogens with one attached hydrogen (secondary N) is 2. The molecule has 0 saturated heterocycles. The Labute approximate surface area is 169 Å². The molecule has 8 heteroatoms. The molecule has 0 aliphatic rings. The first-order valence-corrected chi connectivity index (χ1v) is 9.63. The van der Waals surface area contributed by atoms with E-state index in [1.807, 2.05) is 31.2 Å². The predicted octanol–water partition coefficient (Wildman–Crippen LogP) is 3.41. The van der Waals surface area contributed by atoms with Gasteiger partial charge in [0.1, 0.15) is 11.0 Å². The molecule has 0 bridgehead atoms. The van der Waals surface area contributed by atoms with Crippen LogP contribution in [0.4, 0.5) is 11.4 Å². The number of hydrogen-bond acceptors (Lipinski definition) is 5. The highest BCUT2D eigenvalue weighted by molar-refractivity contribution is 7.80. The minimum atomic E-state index is -0.213. The zero-order valence-corrected chi connectivity index (χ0v) is 17.3. The Morgan fingerprint density at radius 3 is 2.29 bits per heavy atom. The van der Waals surface area contributed by atoms with Crippen LogP contribution in [0.15, 0.2) is 36.4 Å². The molecule has 0 radical (unpaired) electrons. The van der Waals surface area contributed by atoms with Gasteiger partial charge in [0.2, 0.25) is 5.91 Å². The number of aromatic nitrogens is 3. The van der Waals surface area contributed by atoms with Crippen molar-refractivity contribution in [2.24, 2.45) is 0 Å². The summed E-state index contributed by atoms with van der Waals surface area (Å²) >= 11 is 5.14. The van der Waals surface area contributed by atoms with Crippen molar-refractivity contribution >= 4 is 45.6 Å². The average molecular weight is 397 g/mol. The molecule has 0 spiro atoms. The lowest BCUT2D eigenvalue weighted by molar-refractivity contribution is -0.117. The number of thiocarbonyl (C=S) groups is 1. The van der Waals surface area contributed by atoms with E-state index in [1.165, 1.54) is 12.6 Å². The van der Waals surface area contributed by atoms with Gasteiger partial charge in [-0.05, 0) is 75.0 Å². The highest BCUT2D eigenvalue weighted by Gasteiger charge is 2.10. The van der Waals surface area contributed by atoms with Gasteiger partial charge in [-0.1, -0.05) is 0 Å². The molecular weight excluding hydrogens is 372 g/mol. The first-order valence-electron chi connectivity index (χ1n) is 9.23. The molecule has 3 rings (SSSR count). The maximum atomic E-state index is 11.1. The summed E-state index contributed by atoms with van der Waals surface area (Å²) in [5, 5.41) is 15.0. The van der Waals surface area contributed by atoms with Crippen LogP contribution in [0.1, 0.15) is 26.3 Å². The van der Waals surface area contributed by atoms with Crippen molar-refractivity contribution in [1.82, 2.24) is 20.3 Å². The molecule has 1 heterocycles. The fourth-order valence-electron chi connectivity index (χ4n) is 3.02. The van der Waals surface area contributed by atoms with Crippen LogP contribution in [0.25, 0.3) is 16.7 Å². The molecule has 7 nitrogen and oxygen atoms in total. The fourth-order valence-corrected chi connectivity index (χ4v) is 3.27. The average Bonchev–Trinajstić information content (AvgIpc) is 3.05. The lowest BCUT2D eigenvalue weighted by atomic mass is 10.2. The topological polar surface area (TPSA) is 75.1 Å². The van der Waals surface area contributed by atoms with Crippen LogP contribution >= 0.6 is 12.2 Å². The number of amides is 1. The Morgan fingerprint density at radius 1 is 1.11 bits per heavy atom. The highest BCUT2D eigenvalue weighted by Crippen LogP contribution is 2.23. The van der Waals surface area contributed by atoms with E-state index in [1.54, 1.807) is 4.80 Å². The van der Waals surface area contributed by atoms with Crippen LogP contribution in [0, 0.1) is 6.92 Å². The van der Waals surface area contributed by atoms with Crippen molar-refractivity contribution in [2.75, 3.05) is 23.3 Å². The Kier molecular flexibility index (Phi) is 5.89. The number of fused-ring (bicyclic) bond motifs is 1. The zero-order valence-electron chi connectivity index (χ0n) is 16.5. The predicted molar refractivity (Wildman–Crippen MR) is 117 cm³/mol. The largest absolute Gasteiger partial charge is 0.372 e. The van der Waals surface area contributed by atoms with Crippen LogP contribution in [-0.2, 0) is 4.79 Å². The van der Waals surface area contributed by atoms with E-state index >= 15 is 0 Å². The number of anilines is 2. The van der Waals surface area contributed by atoms with E-state index in [-0.39, 0.29) is 11.0 Å². The molecule has 146 valence electrons. The molecule has 0 atom stereocenters. The SMILES string of the molecule is CCN(CC)c1ccc(-n2nc3cc(C)c(NC(=S)NC(C)=O)cc3n2)cc1. The number of aryl methyl sites for hydroxylation is 1. The molecule has 28 heavy (non-hydrogen) atoms. The number of benzene rings is 2. The van der Waals surface area contributed by atoms with Crippen LogP contribution < -0.4 is 15.5 Å². The molecule has 1 amide bonds. The summed E-state index contributed by atoms with van der Waals surface area (Å²) in [6.45, 7) is 9.59. The molecule has 2 aromatic carbocycles. The van der Waals surface area contributed by atoms with Crippen molar-refractivity contribution in [2.45, 2.75) is 27.7 Å². The minimum absolute atomic E-state index is 0.213. The van der Waals surface area contributed by atoms with Crippen LogP contribution in [-0.4, -0.2) is 39.1 Å². The third kappa shape index (κ3) is 4.28. The normalized spacial score (nSPS) is 10.7. The molecule has 2 N–H and O–H groups in total. The van der Waals surface area contributed by atoms with Gasteiger partial charge in [0.15, 0.2) is 5.11 Å². The fraction of sp³-hybridized carbons (Fsp3) is 0.300. The standard InChI is InChI=1S/C20H24N6OS/c1-5-25(6-2)15-7-9-16(10-8-15)26-23-18-11-13(3)17(12-19(18)24-26)22-20(28)21-14(4)27/h7-12H,5-6H2,1-4H3,(H2,21,22,27,28). The van der Waals surface area contributed by atoms with E-state index in [9.17, 15) is 4.79 Å². The smallest absolute Gasteiger partial charge is 0.222 e. The van der Waals surface area contributed by atoms with Crippen molar-refractivity contribution in [1.29, 1.82) is 0 Å². The minimum Gasteiger partial charge on any atom is -0.372 e. The zero-order chi connectivity index (χ0) is 20.3. The molecule has 0 aliphatic carbocycles. The Bertz CT molecular complexity index is 1010. The summed E-state index contributed by atoms with van der Waals surface area (Å²) in [5.74, 6) is -0.213. The van der Waals surface area contributed by atoms with Gasteiger partial charge >= 0.3 is 0 Å². The molecular formula is C20H24N6OS. The van der Waals surface area contributed by atoms with Crippen molar-refractivity contribution in [3.05, 3.63) is 42.0 Å². The van der Waals surface area contributed by atoms with Gasteiger partial charge in [0.05, 0.1) is 5.69 Å². The second-order valence-electron chi connectivity index (χ2n) is 6.47. The molecule has 3 aromatic rings. The van der Waals surface area contributed by atoms with E-state index in [0.29, 0.717) is 0 Å². The Morgan fingerprint density at radius 2 is 1.71 bits per heavy atom. The summed E-state index contributed by atoms with van der Waals surface area (Å²) in [4.78, 5) is 15.1. The maximum absolute atomic E-state index is 11.1. The molecule has 0 aliphatic heterocycles. The van der Waals surface area contributed by atoms with E-state index in [2.05, 4.69) is 51.7 Å². The number of nitrogens with zero attached hydrogens (tertiary/aromatic N) is 4. The molecule has 1 aromatic heterocycles. The molecule has 0 fully saturated rings. The summed E-state index contributed by atoms with van der Waals surface area (Å²) in [6, 6.07) is 12.0. The second-order valence-corrected chi connectivity index (χ2v) is 6.88. The third-order valence-corrected chi connectivity index (χ3v) is 4.68. The highest BCUT2D eigenvalue weighted by atomic mass is 32.1. The Hall–Kier alpha value is -3.00. The van der Waals surface area contributed by atoms with Gasteiger partial charge in [-0.3, -0.25) is 4.79 Å². The summed E-state index contributed by atoms with van der Waals surface area (Å²) in [7, 11) is 0. The first-order chi connectivity index (χ1) is 13.4. The second kappa shape index (κ2) is 8.35. The summed E-state index contributed by atoms with van der Waals surface area (Å²) in [5.41, 5.74) is 5.36. The summed E-state index contributed by atoms with van der Waals surface area (Å²) in [6.07, 6.45) is 0. The van der Waals surface area contributed by atoms with Crippen LogP contribution in [0.2, 0.25) is 0 Å². The van der Waals surface area contributed by atoms with Gasteiger partial charge in [-0.2, -0.15) is 4.80 Å². The van der Waals surface area contributed by atoms with E-state index < -0.39 is 0 Å². The monoisotopic (exact) mass is 396 g/mol. The van der Waals surface area contributed by atoms with Gasteiger partial charge in [-0.15, -0.1) is 10.2 Å². The van der Waals surface area contributed by atoms with Gasteiger partial charge in [0.25, 0.3) is 0 Å². The summed E-state index contributed by atoms with van der Waals surface area (Å²) < 4.78 is 0. The molecule has 0 unspecified atom stereocenters. The van der Waals surface area contributed by atoms with Crippen molar-refractivity contribution < 1.29 is 4.79 Å². The van der Waals surface area contributed by atoms with E-state index in [0.717, 1.165) is 41.1 Å². The first kappa shape index (κ1) is 19.8. The lowest BCUT2D eigenvalue weighted by Gasteiger charge is -2.20. The third-order valence-electron chi connectivity index (χ3n) is 4.47. The lowest BCUT2D eigenvalue weighted by Crippen LogP contribution is -2.32. The van der Waals surface area contributed by atoms with Crippen LogP contribution in [0.3, 0.4) is 0 Å². The van der Waals surface area contributed by atoms with Gasteiger partial charge < -0.3 is 15.5 Å². The van der Waals surface area contributed by atoms with Gasteiger partial charge in [-0.25, -0.2) is 0 Å². The quantitative estimate of drug-likeness (QED) is 0.644. The number of carbonyl (C=O) groups excluding carboxylic acids is 1. The molecule has 0 saturated carbocycles. The maximum Gasteiger partial charge on any atom is 0.222 e. The number of rotatable bonds is 5.